The second kappa shape index (κ2) is 6.85. The summed E-state index contributed by atoms with van der Waals surface area (Å²) >= 11 is 5.14. The summed E-state index contributed by atoms with van der Waals surface area (Å²) in [5.41, 5.74) is 2.13. The molecular formula is C12H17N3OS. The van der Waals surface area contributed by atoms with Gasteiger partial charge in [0.15, 0.2) is 5.11 Å². The topological polar surface area (TPSA) is 53.2 Å². The van der Waals surface area contributed by atoms with E-state index in [1.165, 1.54) is 6.92 Å². The Balaban J connectivity index is 2.30. The molecule has 0 heterocycles. The number of aryl methyl sites for hydroxylation is 1. The Morgan fingerprint density at radius 1 is 1.24 bits per heavy atom. The van der Waals surface area contributed by atoms with Crippen LogP contribution in [0.2, 0.25) is 0 Å². The smallest absolute Gasteiger partial charge is 0.216 e. The molecule has 0 aliphatic carbocycles. The summed E-state index contributed by atoms with van der Waals surface area (Å²) in [6.07, 6.45) is 0. The normalized spacial score (nSPS) is 9.53. The van der Waals surface area contributed by atoms with Crippen LogP contribution in [0.5, 0.6) is 0 Å². The molecule has 1 aromatic carbocycles. The van der Waals surface area contributed by atoms with Crippen LogP contribution in [-0.2, 0) is 4.79 Å². The molecule has 92 valence electrons. The number of carbonyl (C=O) groups is 1. The van der Waals surface area contributed by atoms with E-state index in [1.807, 2.05) is 31.2 Å². The number of thiocarbonyl (C=S) groups is 1. The Bertz CT molecular complexity index is 406. The molecule has 1 aromatic rings. The first-order valence-corrected chi connectivity index (χ1v) is 5.85. The fourth-order valence-electron chi connectivity index (χ4n) is 1.29. The lowest BCUT2D eigenvalue weighted by Gasteiger charge is -2.12. The SMILES string of the molecule is CC(=O)NCCNC(=S)Nc1ccccc1C. The molecule has 0 atom stereocenters. The number of benzene rings is 1. The van der Waals surface area contributed by atoms with Crippen molar-refractivity contribution >= 4 is 28.9 Å². The first-order chi connectivity index (χ1) is 8.09. The van der Waals surface area contributed by atoms with E-state index in [-0.39, 0.29) is 5.91 Å². The van der Waals surface area contributed by atoms with E-state index in [1.54, 1.807) is 0 Å². The van der Waals surface area contributed by atoms with E-state index in [2.05, 4.69) is 16.0 Å². The monoisotopic (exact) mass is 251 g/mol. The molecule has 4 nitrogen and oxygen atoms in total. The van der Waals surface area contributed by atoms with Crippen LogP contribution in [0.25, 0.3) is 0 Å². The van der Waals surface area contributed by atoms with Crippen molar-refractivity contribution in [3.63, 3.8) is 0 Å². The standard InChI is InChI=1S/C12H17N3OS/c1-9-5-3-4-6-11(9)15-12(17)14-8-7-13-10(2)16/h3-6H,7-8H2,1-2H3,(H,13,16)(H2,14,15,17). The molecule has 3 N–H and O–H groups in total. The minimum Gasteiger partial charge on any atom is -0.361 e. The summed E-state index contributed by atoms with van der Waals surface area (Å²) in [5.74, 6) is -0.0374. The Labute approximate surface area is 107 Å². The highest BCUT2D eigenvalue weighted by Gasteiger charge is 1.99. The molecule has 0 spiro atoms. The summed E-state index contributed by atoms with van der Waals surface area (Å²) < 4.78 is 0. The molecule has 0 radical (unpaired) electrons. The highest BCUT2D eigenvalue weighted by atomic mass is 32.1. The summed E-state index contributed by atoms with van der Waals surface area (Å²) in [5, 5.41) is 9.37. The molecule has 0 saturated carbocycles. The number of hydrogen-bond acceptors (Lipinski definition) is 2. The van der Waals surface area contributed by atoms with Crippen molar-refractivity contribution in [2.75, 3.05) is 18.4 Å². The second-order valence-electron chi connectivity index (χ2n) is 3.68. The first kappa shape index (κ1) is 13.4. The number of para-hydroxylation sites is 1. The molecule has 1 amide bonds. The average molecular weight is 251 g/mol. The molecule has 0 unspecified atom stereocenters. The van der Waals surface area contributed by atoms with E-state index in [9.17, 15) is 4.79 Å². The third-order valence-electron chi connectivity index (χ3n) is 2.18. The fourth-order valence-corrected chi connectivity index (χ4v) is 1.51. The predicted octanol–water partition coefficient (Wildman–Crippen LogP) is 1.42. The van der Waals surface area contributed by atoms with Gasteiger partial charge >= 0.3 is 0 Å². The minimum absolute atomic E-state index is 0.0374. The molecule has 0 aromatic heterocycles. The van der Waals surface area contributed by atoms with Gasteiger partial charge in [-0.1, -0.05) is 18.2 Å². The zero-order chi connectivity index (χ0) is 12.7. The van der Waals surface area contributed by atoms with Gasteiger partial charge in [-0.25, -0.2) is 0 Å². The molecule has 0 aliphatic heterocycles. The number of hydrogen-bond donors (Lipinski definition) is 3. The minimum atomic E-state index is -0.0374. The number of nitrogens with one attached hydrogen (secondary N) is 3. The van der Waals surface area contributed by atoms with Crippen LogP contribution in [-0.4, -0.2) is 24.1 Å². The van der Waals surface area contributed by atoms with Crippen LogP contribution in [0.15, 0.2) is 24.3 Å². The Morgan fingerprint density at radius 3 is 2.53 bits per heavy atom. The molecule has 1 rings (SSSR count). The van der Waals surface area contributed by atoms with Crippen LogP contribution in [0.4, 0.5) is 5.69 Å². The van der Waals surface area contributed by atoms with Crippen molar-refractivity contribution in [3.05, 3.63) is 29.8 Å². The number of anilines is 1. The molecular weight excluding hydrogens is 234 g/mol. The predicted molar refractivity (Wildman–Crippen MR) is 74.1 cm³/mol. The van der Waals surface area contributed by atoms with Crippen LogP contribution in [0.1, 0.15) is 12.5 Å². The third kappa shape index (κ3) is 5.31. The summed E-state index contributed by atoms with van der Waals surface area (Å²) in [7, 11) is 0. The molecule has 5 heteroatoms. The summed E-state index contributed by atoms with van der Waals surface area (Å²) in [6, 6.07) is 7.92. The van der Waals surface area contributed by atoms with Gasteiger partial charge in [0.25, 0.3) is 0 Å². The van der Waals surface area contributed by atoms with E-state index in [0.717, 1.165) is 11.3 Å². The van der Waals surface area contributed by atoms with Crippen LogP contribution in [0.3, 0.4) is 0 Å². The van der Waals surface area contributed by atoms with E-state index < -0.39 is 0 Å². The maximum Gasteiger partial charge on any atom is 0.216 e. The summed E-state index contributed by atoms with van der Waals surface area (Å²) in [4.78, 5) is 10.6. The van der Waals surface area contributed by atoms with Crippen LogP contribution < -0.4 is 16.0 Å². The van der Waals surface area contributed by atoms with Gasteiger partial charge in [0.1, 0.15) is 0 Å². The number of carbonyl (C=O) groups excluding carboxylic acids is 1. The Kier molecular flexibility index (Phi) is 5.42. The first-order valence-electron chi connectivity index (χ1n) is 5.44. The van der Waals surface area contributed by atoms with E-state index in [4.69, 9.17) is 12.2 Å². The fraction of sp³-hybridized carbons (Fsp3) is 0.333. The summed E-state index contributed by atoms with van der Waals surface area (Å²) in [6.45, 7) is 4.67. The molecule has 0 fully saturated rings. The van der Waals surface area contributed by atoms with Crippen molar-refractivity contribution < 1.29 is 4.79 Å². The van der Waals surface area contributed by atoms with Gasteiger partial charge < -0.3 is 16.0 Å². The van der Waals surface area contributed by atoms with E-state index >= 15 is 0 Å². The largest absolute Gasteiger partial charge is 0.361 e. The maximum absolute atomic E-state index is 10.6. The van der Waals surface area contributed by atoms with Gasteiger partial charge in [-0.2, -0.15) is 0 Å². The van der Waals surface area contributed by atoms with Crippen molar-refractivity contribution in [2.24, 2.45) is 0 Å². The van der Waals surface area contributed by atoms with Crippen molar-refractivity contribution in [1.82, 2.24) is 10.6 Å². The van der Waals surface area contributed by atoms with Gasteiger partial charge in [0.2, 0.25) is 5.91 Å². The van der Waals surface area contributed by atoms with Gasteiger partial charge in [0, 0.05) is 25.7 Å². The quantitative estimate of drug-likeness (QED) is 0.559. The third-order valence-corrected chi connectivity index (χ3v) is 2.42. The lowest BCUT2D eigenvalue weighted by molar-refractivity contribution is -0.118. The zero-order valence-electron chi connectivity index (χ0n) is 10.0. The van der Waals surface area contributed by atoms with Crippen molar-refractivity contribution in [1.29, 1.82) is 0 Å². The second-order valence-corrected chi connectivity index (χ2v) is 4.09. The van der Waals surface area contributed by atoms with Gasteiger partial charge in [-0.05, 0) is 30.8 Å². The highest BCUT2D eigenvalue weighted by molar-refractivity contribution is 7.80. The molecule has 17 heavy (non-hydrogen) atoms. The molecule has 0 aliphatic rings. The number of rotatable bonds is 4. The number of amides is 1. The lowest BCUT2D eigenvalue weighted by atomic mass is 10.2. The van der Waals surface area contributed by atoms with Crippen molar-refractivity contribution in [2.45, 2.75) is 13.8 Å². The molecule has 0 saturated heterocycles. The van der Waals surface area contributed by atoms with Crippen LogP contribution >= 0.6 is 12.2 Å². The lowest BCUT2D eigenvalue weighted by Crippen LogP contribution is -2.36. The zero-order valence-corrected chi connectivity index (χ0v) is 10.9. The van der Waals surface area contributed by atoms with Crippen LogP contribution in [0, 0.1) is 6.92 Å². The van der Waals surface area contributed by atoms with E-state index in [0.29, 0.717) is 18.2 Å². The average Bonchev–Trinajstić information content (AvgIpc) is 2.27. The van der Waals surface area contributed by atoms with Crippen molar-refractivity contribution in [3.8, 4) is 0 Å². The molecule has 0 bridgehead atoms. The van der Waals surface area contributed by atoms with Gasteiger partial charge in [0.05, 0.1) is 0 Å². The Hall–Kier alpha value is -1.62. The maximum atomic E-state index is 10.6. The van der Waals surface area contributed by atoms with Gasteiger partial charge in [-0.15, -0.1) is 0 Å². The van der Waals surface area contributed by atoms with Gasteiger partial charge in [-0.3, -0.25) is 4.79 Å². The highest BCUT2D eigenvalue weighted by Crippen LogP contribution is 2.12. The Morgan fingerprint density at radius 2 is 1.88 bits per heavy atom.